The average Bonchev–Trinajstić information content (AvgIpc) is 2.89. The molecule has 2 N–H and O–H groups in total. The molecule has 0 radical (unpaired) electrons. The second kappa shape index (κ2) is 5.19. The largest absolute Gasteiger partial charge is 0.373 e. The van der Waals surface area contributed by atoms with E-state index in [2.05, 4.69) is 31.2 Å². The number of aromatic amines is 1. The lowest BCUT2D eigenvalue weighted by Crippen LogP contribution is -2.10. The monoisotopic (exact) mass is 308 g/mol. The van der Waals surface area contributed by atoms with Crippen molar-refractivity contribution in [1.29, 1.82) is 5.26 Å². The second-order valence-electron chi connectivity index (χ2n) is 3.74. The summed E-state index contributed by atoms with van der Waals surface area (Å²) in [6, 6.07) is 4.85. The van der Waals surface area contributed by atoms with Crippen LogP contribution in [0.15, 0.2) is 29.0 Å². The Labute approximate surface area is 112 Å². The SMILES string of the molecule is CC(Nc1ccc(C#N)c(Br)c1F)c1ncc[nH]1. The van der Waals surface area contributed by atoms with Crippen molar-refractivity contribution < 1.29 is 4.39 Å². The quantitative estimate of drug-likeness (QED) is 0.914. The van der Waals surface area contributed by atoms with E-state index in [4.69, 9.17) is 5.26 Å². The molecule has 0 aliphatic carbocycles. The number of H-pyrrole nitrogens is 1. The molecule has 0 bridgehead atoms. The maximum atomic E-state index is 14.0. The molecule has 0 saturated carbocycles. The minimum Gasteiger partial charge on any atom is -0.373 e. The number of nitrogens with zero attached hydrogens (tertiary/aromatic N) is 2. The van der Waals surface area contributed by atoms with E-state index in [-0.39, 0.29) is 16.1 Å². The van der Waals surface area contributed by atoms with Gasteiger partial charge in [-0.1, -0.05) is 0 Å². The van der Waals surface area contributed by atoms with Crippen LogP contribution in [0.2, 0.25) is 0 Å². The number of halogens is 2. The summed E-state index contributed by atoms with van der Waals surface area (Å²) >= 11 is 3.07. The zero-order valence-corrected chi connectivity index (χ0v) is 11.1. The van der Waals surface area contributed by atoms with Crippen molar-refractivity contribution in [2.24, 2.45) is 0 Å². The molecule has 6 heteroatoms. The summed E-state index contributed by atoms with van der Waals surface area (Å²) in [5.74, 6) is 0.238. The molecule has 2 rings (SSSR count). The van der Waals surface area contributed by atoms with E-state index in [1.165, 1.54) is 6.07 Å². The zero-order chi connectivity index (χ0) is 13.1. The summed E-state index contributed by atoms with van der Waals surface area (Å²) in [7, 11) is 0. The Morgan fingerprint density at radius 1 is 1.56 bits per heavy atom. The van der Waals surface area contributed by atoms with E-state index in [1.54, 1.807) is 18.5 Å². The van der Waals surface area contributed by atoms with Crippen molar-refractivity contribution in [3.05, 3.63) is 46.2 Å². The predicted octanol–water partition coefficient (Wildman–Crippen LogP) is 3.36. The van der Waals surface area contributed by atoms with E-state index in [1.807, 2.05) is 13.0 Å². The molecular weight excluding hydrogens is 299 g/mol. The maximum Gasteiger partial charge on any atom is 0.161 e. The summed E-state index contributed by atoms with van der Waals surface area (Å²) in [6.07, 6.45) is 3.34. The number of rotatable bonds is 3. The van der Waals surface area contributed by atoms with Gasteiger partial charge >= 0.3 is 0 Å². The van der Waals surface area contributed by atoms with Crippen LogP contribution in [0.1, 0.15) is 24.4 Å². The van der Waals surface area contributed by atoms with Crippen LogP contribution in [-0.2, 0) is 0 Å². The number of nitriles is 1. The van der Waals surface area contributed by atoms with Gasteiger partial charge in [0, 0.05) is 12.4 Å². The van der Waals surface area contributed by atoms with Gasteiger partial charge in [-0.05, 0) is 35.0 Å². The predicted molar refractivity (Wildman–Crippen MR) is 69.4 cm³/mol. The number of hydrogen-bond acceptors (Lipinski definition) is 3. The molecule has 4 nitrogen and oxygen atoms in total. The van der Waals surface area contributed by atoms with Crippen LogP contribution in [0.25, 0.3) is 0 Å². The normalized spacial score (nSPS) is 11.9. The molecule has 0 aliphatic rings. The summed E-state index contributed by atoms with van der Waals surface area (Å²) in [6.45, 7) is 1.87. The molecule has 0 amide bonds. The number of aromatic nitrogens is 2. The Morgan fingerprint density at radius 2 is 2.33 bits per heavy atom. The van der Waals surface area contributed by atoms with Gasteiger partial charge in [0.15, 0.2) is 5.82 Å². The van der Waals surface area contributed by atoms with Crippen LogP contribution in [0.3, 0.4) is 0 Å². The third-order valence-corrected chi connectivity index (χ3v) is 3.28. The molecule has 1 heterocycles. The van der Waals surface area contributed by atoms with E-state index in [0.29, 0.717) is 5.69 Å². The van der Waals surface area contributed by atoms with Gasteiger partial charge in [0.2, 0.25) is 0 Å². The smallest absolute Gasteiger partial charge is 0.161 e. The molecule has 0 spiro atoms. The highest BCUT2D eigenvalue weighted by Gasteiger charge is 2.14. The lowest BCUT2D eigenvalue weighted by atomic mass is 10.2. The highest BCUT2D eigenvalue weighted by molar-refractivity contribution is 9.10. The van der Waals surface area contributed by atoms with Gasteiger partial charge < -0.3 is 10.3 Å². The van der Waals surface area contributed by atoms with E-state index >= 15 is 0 Å². The van der Waals surface area contributed by atoms with Crippen LogP contribution in [0, 0.1) is 17.1 Å². The minimum atomic E-state index is -0.479. The van der Waals surface area contributed by atoms with E-state index in [0.717, 1.165) is 5.82 Å². The molecule has 92 valence electrons. The van der Waals surface area contributed by atoms with Crippen LogP contribution in [0.4, 0.5) is 10.1 Å². The molecule has 2 aromatic rings. The van der Waals surface area contributed by atoms with Gasteiger partial charge in [-0.3, -0.25) is 0 Å². The summed E-state index contributed by atoms with van der Waals surface area (Å²) in [5.41, 5.74) is 0.591. The number of nitrogens with one attached hydrogen (secondary N) is 2. The van der Waals surface area contributed by atoms with Gasteiger partial charge in [0.05, 0.1) is 21.8 Å². The zero-order valence-electron chi connectivity index (χ0n) is 9.54. The van der Waals surface area contributed by atoms with Crippen LogP contribution >= 0.6 is 15.9 Å². The molecule has 0 aliphatic heterocycles. The number of imidazole rings is 1. The van der Waals surface area contributed by atoms with Crippen molar-refractivity contribution in [2.45, 2.75) is 13.0 Å². The first-order valence-corrected chi connectivity index (χ1v) is 6.06. The van der Waals surface area contributed by atoms with Gasteiger partial charge in [-0.15, -0.1) is 0 Å². The molecule has 1 aromatic heterocycles. The first kappa shape index (κ1) is 12.6. The summed E-state index contributed by atoms with van der Waals surface area (Å²) in [4.78, 5) is 7.05. The standard InChI is InChI=1S/C12H10BrFN4/c1-7(12-16-4-5-17-12)18-9-3-2-8(6-15)10(13)11(9)14/h2-5,7,18H,1H3,(H,16,17). The Bertz CT molecular complexity index is 589. The second-order valence-corrected chi connectivity index (χ2v) is 4.53. The topological polar surface area (TPSA) is 64.5 Å². The van der Waals surface area contributed by atoms with Gasteiger partial charge in [0.25, 0.3) is 0 Å². The molecule has 18 heavy (non-hydrogen) atoms. The number of benzene rings is 1. The highest BCUT2D eigenvalue weighted by atomic mass is 79.9. The van der Waals surface area contributed by atoms with Crippen LogP contribution in [-0.4, -0.2) is 9.97 Å². The first-order valence-electron chi connectivity index (χ1n) is 5.27. The number of hydrogen-bond donors (Lipinski definition) is 2. The summed E-state index contributed by atoms with van der Waals surface area (Å²) in [5, 5.41) is 11.8. The third kappa shape index (κ3) is 2.36. The van der Waals surface area contributed by atoms with E-state index < -0.39 is 5.82 Å². The first-order chi connectivity index (χ1) is 8.63. The fourth-order valence-electron chi connectivity index (χ4n) is 1.56. The Hall–Kier alpha value is -1.87. The maximum absolute atomic E-state index is 14.0. The van der Waals surface area contributed by atoms with Crippen molar-refractivity contribution in [1.82, 2.24) is 9.97 Å². The molecule has 1 unspecified atom stereocenters. The fourth-order valence-corrected chi connectivity index (χ4v) is 2.00. The van der Waals surface area contributed by atoms with Crippen molar-refractivity contribution in [3.63, 3.8) is 0 Å². The third-order valence-electron chi connectivity index (χ3n) is 2.50. The van der Waals surface area contributed by atoms with Crippen molar-refractivity contribution in [3.8, 4) is 6.07 Å². The molecule has 1 aromatic carbocycles. The molecule has 0 saturated heterocycles. The molecule has 1 atom stereocenters. The average molecular weight is 309 g/mol. The minimum absolute atomic E-state index is 0.158. The Balaban J connectivity index is 2.26. The Morgan fingerprint density at radius 3 is 2.94 bits per heavy atom. The highest BCUT2D eigenvalue weighted by Crippen LogP contribution is 2.28. The lowest BCUT2D eigenvalue weighted by Gasteiger charge is -2.14. The van der Waals surface area contributed by atoms with Gasteiger partial charge in [-0.2, -0.15) is 5.26 Å². The van der Waals surface area contributed by atoms with Crippen molar-refractivity contribution in [2.75, 3.05) is 5.32 Å². The van der Waals surface area contributed by atoms with Crippen LogP contribution in [0.5, 0.6) is 0 Å². The Kier molecular flexibility index (Phi) is 3.63. The fraction of sp³-hybridized carbons (Fsp3) is 0.167. The van der Waals surface area contributed by atoms with E-state index in [9.17, 15) is 4.39 Å². The summed E-state index contributed by atoms with van der Waals surface area (Å²) < 4.78 is 14.1. The van der Waals surface area contributed by atoms with Gasteiger partial charge in [-0.25, -0.2) is 9.37 Å². The molecular formula is C12H10BrFN4. The lowest BCUT2D eigenvalue weighted by molar-refractivity contribution is 0.619. The van der Waals surface area contributed by atoms with Crippen molar-refractivity contribution >= 4 is 21.6 Å². The molecule has 0 fully saturated rings. The number of anilines is 1. The van der Waals surface area contributed by atoms with Crippen LogP contribution < -0.4 is 5.32 Å². The van der Waals surface area contributed by atoms with Gasteiger partial charge in [0.1, 0.15) is 11.9 Å².